The summed E-state index contributed by atoms with van der Waals surface area (Å²) < 4.78 is 11.7. The lowest BCUT2D eigenvalue weighted by molar-refractivity contribution is 0.169. The summed E-state index contributed by atoms with van der Waals surface area (Å²) in [6, 6.07) is 25.9. The molecule has 0 radical (unpaired) electrons. The molecule has 0 fully saturated rings. The first-order valence-corrected chi connectivity index (χ1v) is 11.4. The van der Waals surface area contributed by atoms with Gasteiger partial charge in [0.05, 0.1) is 5.69 Å². The van der Waals surface area contributed by atoms with E-state index < -0.39 is 0 Å². The fraction of sp³-hybridized carbons (Fsp3) is 0.207. The minimum atomic E-state index is -0.312. The van der Waals surface area contributed by atoms with E-state index in [1.807, 2.05) is 24.9 Å². The first-order chi connectivity index (χ1) is 16.0. The lowest BCUT2D eigenvalue weighted by Gasteiger charge is -2.24. The van der Waals surface area contributed by atoms with Crippen LogP contribution in [0.3, 0.4) is 0 Å². The molecule has 0 aliphatic carbocycles. The molecular formula is C29H28N2O2. The summed E-state index contributed by atoms with van der Waals surface area (Å²) in [4.78, 5) is 2.00. The quantitative estimate of drug-likeness (QED) is 0.320. The van der Waals surface area contributed by atoms with E-state index in [1.165, 1.54) is 27.8 Å². The van der Waals surface area contributed by atoms with Crippen molar-refractivity contribution in [1.82, 2.24) is 5.16 Å². The summed E-state index contributed by atoms with van der Waals surface area (Å²) in [5.41, 5.74) is 9.05. The van der Waals surface area contributed by atoms with E-state index in [2.05, 4.69) is 91.8 Å². The second kappa shape index (κ2) is 8.62. The maximum atomic E-state index is 6.03. The van der Waals surface area contributed by atoms with Gasteiger partial charge in [0.15, 0.2) is 0 Å². The van der Waals surface area contributed by atoms with E-state index in [1.54, 1.807) is 6.26 Å². The summed E-state index contributed by atoms with van der Waals surface area (Å²) in [5.74, 6) is 1.17. The molecule has 0 saturated carbocycles. The maximum Gasteiger partial charge on any atom is 0.237 e. The van der Waals surface area contributed by atoms with Gasteiger partial charge in [-0.15, -0.1) is 0 Å². The van der Waals surface area contributed by atoms with Crippen LogP contribution in [0.25, 0.3) is 22.3 Å². The highest BCUT2D eigenvalue weighted by atomic mass is 16.5. The average Bonchev–Trinajstić information content (AvgIpc) is 3.46. The lowest BCUT2D eigenvalue weighted by atomic mass is 9.90. The molecule has 166 valence electrons. The van der Waals surface area contributed by atoms with Crippen LogP contribution in [-0.2, 0) is 4.74 Å². The second-order valence-corrected chi connectivity index (χ2v) is 8.83. The van der Waals surface area contributed by atoms with Crippen LogP contribution in [0.1, 0.15) is 48.4 Å². The highest BCUT2D eigenvalue weighted by molar-refractivity contribution is 5.84. The van der Waals surface area contributed by atoms with Crippen molar-refractivity contribution in [3.05, 3.63) is 108 Å². The maximum absolute atomic E-state index is 6.03. The molecule has 4 nitrogen and oxygen atoms in total. The van der Waals surface area contributed by atoms with Crippen LogP contribution in [0, 0.1) is 13.8 Å². The largest absolute Gasteiger partial charge is 0.472 e. The normalized spacial score (nSPS) is 15.3. The van der Waals surface area contributed by atoms with Crippen molar-refractivity contribution in [3.63, 3.8) is 0 Å². The van der Waals surface area contributed by atoms with Gasteiger partial charge in [-0.2, -0.15) is 0 Å². The van der Waals surface area contributed by atoms with Crippen LogP contribution < -0.4 is 4.90 Å². The van der Waals surface area contributed by atoms with Crippen LogP contribution in [0.4, 0.5) is 5.88 Å². The van der Waals surface area contributed by atoms with Gasteiger partial charge in [-0.25, -0.2) is 0 Å². The summed E-state index contributed by atoms with van der Waals surface area (Å²) >= 11 is 0. The van der Waals surface area contributed by atoms with Gasteiger partial charge >= 0.3 is 0 Å². The molecule has 3 aromatic carbocycles. The number of hydrogen-bond donors (Lipinski definition) is 0. The summed E-state index contributed by atoms with van der Waals surface area (Å²) in [6.07, 6.45) is 3.31. The topological polar surface area (TPSA) is 38.5 Å². The lowest BCUT2D eigenvalue weighted by Crippen LogP contribution is -2.20. The zero-order valence-corrected chi connectivity index (χ0v) is 19.4. The van der Waals surface area contributed by atoms with Gasteiger partial charge < -0.3 is 9.26 Å². The molecule has 0 spiro atoms. The Morgan fingerprint density at radius 1 is 0.848 bits per heavy atom. The monoisotopic (exact) mass is 436 g/mol. The number of nitrogens with zero attached hydrogens (tertiary/aromatic N) is 2. The summed E-state index contributed by atoms with van der Waals surface area (Å²) in [5, 5.41) is 4.13. The highest BCUT2D eigenvalue weighted by Gasteiger charge is 2.29. The molecule has 4 heteroatoms. The second-order valence-electron chi connectivity index (χ2n) is 8.83. The SMILES string of the molecule is Cc1noc(N2C=COC2c2ccc(-c3ccccc3)c(-c3cccc(C(C)C)c3)c2)c1C. The molecule has 1 aromatic heterocycles. The molecule has 4 aromatic rings. The van der Waals surface area contributed by atoms with Crippen LogP contribution >= 0.6 is 0 Å². The van der Waals surface area contributed by atoms with E-state index in [9.17, 15) is 0 Å². The molecular weight excluding hydrogens is 408 g/mol. The predicted octanol–water partition coefficient (Wildman–Crippen LogP) is 7.76. The Bertz CT molecular complexity index is 1300. The zero-order chi connectivity index (χ0) is 22.9. The van der Waals surface area contributed by atoms with Crippen LogP contribution in [-0.4, -0.2) is 5.16 Å². The van der Waals surface area contributed by atoms with Gasteiger partial charge in [0.25, 0.3) is 0 Å². The molecule has 0 amide bonds. The van der Waals surface area contributed by atoms with Gasteiger partial charge in [-0.05, 0) is 53.6 Å². The van der Waals surface area contributed by atoms with Crippen LogP contribution in [0.5, 0.6) is 0 Å². The highest BCUT2D eigenvalue weighted by Crippen LogP contribution is 2.40. The Kier molecular flexibility index (Phi) is 5.51. The van der Waals surface area contributed by atoms with Crippen LogP contribution in [0.15, 0.2) is 89.8 Å². The van der Waals surface area contributed by atoms with E-state index in [4.69, 9.17) is 9.26 Å². The van der Waals surface area contributed by atoms with Gasteiger partial charge in [-0.3, -0.25) is 4.90 Å². The Morgan fingerprint density at radius 3 is 2.36 bits per heavy atom. The van der Waals surface area contributed by atoms with Gasteiger partial charge in [0.2, 0.25) is 12.1 Å². The Balaban J connectivity index is 1.63. The minimum absolute atomic E-state index is 0.312. The number of ether oxygens (including phenoxy) is 1. The molecule has 33 heavy (non-hydrogen) atoms. The molecule has 0 N–H and O–H groups in total. The number of anilines is 1. The molecule has 1 aliphatic rings. The van der Waals surface area contributed by atoms with Crippen molar-refractivity contribution in [3.8, 4) is 22.3 Å². The van der Waals surface area contributed by atoms with E-state index >= 15 is 0 Å². The van der Waals surface area contributed by atoms with Gasteiger partial charge in [0.1, 0.15) is 6.26 Å². The molecule has 1 atom stereocenters. The third kappa shape index (κ3) is 3.93. The van der Waals surface area contributed by atoms with Crippen molar-refractivity contribution >= 4 is 5.88 Å². The van der Waals surface area contributed by atoms with E-state index in [0.717, 1.165) is 16.8 Å². The van der Waals surface area contributed by atoms with Crippen molar-refractivity contribution in [2.75, 3.05) is 4.90 Å². The number of rotatable bonds is 5. The average molecular weight is 437 g/mol. The molecule has 1 aliphatic heterocycles. The summed E-state index contributed by atoms with van der Waals surface area (Å²) in [7, 11) is 0. The molecule has 1 unspecified atom stereocenters. The molecule has 2 heterocycles. The number of aromatic nitrogens is 1. The van der Waals surface area contributed by atoms with Crippen molar-refractivity contribution in [2.45, 2.75) is 39.8 Å². The van der Waals surface area contributed by atoms with Crippen molar-refractivity contribution in [1.29, 1.82) is 0 Å². The Labute approximate surface area is 195 Å². The van der Waals surface area contributed by atoms with E-state index in [0.29, 0.717) is 11.8 Å². The fourth-order valence-electron chi connectivity index (χ4n) is 4.27. The third-order valence-electron chi connectivity index (χ3n) is 6.33. The van der Waals surface area contributed by atoms with E-state index in [-0.39, 0.29) is 6.23 Å². The standard InChI is InChI=1S/C29H28N2O2/c1-19(2)23-11-8-12-24(17-23)27-18-25(13-14-26(27)22-9-6-5-7-10-22)29-31(15-16-32-29)28-20(3)21(4)30-33-28/h5-19,29H,1-4H3. The van der Waals surface area contributed by atoms with Gasteiger partial charge in [-0.1, -0.05) is 85.7 Å². The zero-order valence-electron chi connectivity index (χ0n) is 19.4. The predicted molar refractivity (Wildman–Crippen MR) is 133 cm³/mol. The van der Waals surface area contributed by atoms with Crippen molar-refractivity contribution < 1.29 is 9.26 Å². The molecule has 0 bridgehead atoms. The summed E-state index contributed by atoms with van der Waals surface area (Å²) in [6.45, 7) is 8.43. The Hall–Kier alpha value is -3.79. The van der Waals surface area contributed by atoms with Crippen molar-refractivity contribution in [2.24, 2.45) is 0 Å². The number of aryl methyl sites for hydroxylation is 1. The smallest absolute Gasteiger partial charge is 0.237 e. The third-order valence-corrected chi connectivity index (χ3v) is 6.33. The van der Waals surface area contributed by atoms with Gasteiger partial charge in [0, 0.05) is 17.3 Å². The fourth-order valence-corrected chi connectivity index (χ4v) is 4.27. The molecule has 5 rings (SSSR count). The molecule has 0 saturated heterocycles. The van der Waals surface area contributed by atoms with Crippen LogP contribution in [0.2, 0.25) is 0 Å². The minimum Gasteiger partial charge on any atom is -0.472 e. The first kappa shape index (κ1) is 21.1. The number of benzene rings is 3. The number of hydrogen-bond acceptors (Lipinski definition) is 4. The Morgan fingerprint density at radius 2 is 1.64 bits per heavy atom. The first-order valence-electron chi connectivity index (χ1n) is 11.4.